The van der Waals surface area contributed by atoms with Crippen LogP contribution in [0.3, 0.4) is 0 Å². The standard InChI is InChI=1S/C19H18N4O.C16H15BrN2O/c20-19(24)14-3-1-13(2-4-14)12-23-8-7-16-9-15(5-6-18(16)23)17-10-21-22-11-17;17-14-5-6-15-13(9-14)7-8-19(15)10-11-1-3-12(4-2-11)16(18)20/h1-6,9-11H,7-8,12H2,(H2,20,24)(H,21,22);1-6,9H,7-8,10H2,(H2,18,20). The van der Waals surface area contributed by atoms with Crippen molar-refractivity contribution in [1.29, 1.82) is 0 Å². The molecule has 3 heterocycles. The number of aromatic nitrogens is 2. The summed E-state index contributed by atoms with van der Waals surface area (Å²) in [4.78, 5) is 26.9. The number of H-pyrrole nitrogens is 1. The van der Waals surface area contributed by atoms with Gasteiger partial charge in [0, 0.05) is 64.9 Å². The molecule has 0 radical (unpaired) electrons. The molecule has 1 aromatic heterocycles. The molecule has 9 heteroatoms. The number of nitrogens with two attached hydrogens (primary N) is 2. The normalized spacial score (nSPS) is 13.2. The molecule has 0 bridgehead atoms. The van der Waals surface area contributed by atoms with Crippen LogP contribution < -0.4 is 21.3 Å². The van der Waals surface area contributed by atoms with Crippen LogP contribution in [0, 0.1) is 0 Å². The summed E-state index contributed by atoms with van der Waals surface area (Å²) in [5.41, 5.74) is 21.6. The van der Waals surface area contributed by atoms with Gasteiger partial charge in [-0.3, -0.25) is 14.7 Å². The van der Waals surface area contributed by atoms with Crippen molar-refractivity contribution in [3.05, 3.63) is 135 Å². The van der Waals surface area contributed by atoms with Gasteiger partial charge in [-0.15, -0.1) is 0 Å². The first kappa shape index (κ1) is 29.2. The zero-order valence-electron chi connectivity index (χ0n) is 24.2. The number of benzene rings is 4. The Labute approximate surface area is 264 Å². The Bertz CT molecular complexity index is 1790. The molecule has 2 aliphatic heterocycles. The number of fused-ring (bicyclic) bond motifs is 2. The first-order valence-electron chi connectivity index (χ1n) is 14.5. The van der Waals surface area contributed by atoms with Crippen LogP contribution in [0.4, 0.5) is 11.4 Å². The van der Waals surface area contributed by atoms with Gasteiger partial charge in [-0.25, -0.2) is 0 Å². The predicted octanol–water partition coefficient (Wildman–Crippen LogP) is 5.85. The monoisotopic (exact) mass is 648 g/mol. The van der Waals surface area contributed by atoms with Crippen molar-refractivity contribution >= 4 is 39.1 Å². The van der Waals surface area contributed by atoms with Crippen molar-refractivity contribution in [2.45, 2.75) is 25.9 Å². The molecule has 222 valence electrons. The number of halogens is 1. The number of anilines is 2. The number of nitrogens with one attached hydrogen (secondary N) is 1. The molecule has 44 heavy (non-hydrogen) atoms. The highest BCUT2D eigenvalue weighted by Gasteiger charge is 2.21. The molecule has 5 aromatic rings. The predicted molar refractivity (Wildman–Crippen MR) is 178 cm³/mol. The molecule has 0 unspecified atom stereocenters. The molecule has 5 N–H and O–H groups in total. The second kappa shape index (κ2) is 12.8. The minimum Gasteiger partial charge on any atom is -0.367 e. The van der Waals surface area contributed by atoms with Gasteiger partial charge in [0.1, 0.15) is 0 Å². The van der Waals surface area contributed by atoms with Gasteiger partial charge in [0.25, 0.3) is 0 Å². The number of amides is 2. The van der Waals surface area contributed by atoms with E-state index in [0.29, 0.717) is 11.1 Å². The third-order valence-electron chi connectivity index (χ3n) is 8.16. The lowest BCUT2D eigenvalue weighted by Crippen LogP contribution is -2.19. The van der Waals surface area contributed by atoms with Crippen LogP contribution in [0.2, 0.25) is 0 Å². The highest BCUT2D eigenvalue weighted by molar-refractivity contribution is 9.10. The van der Waals surface area contributed by atoms with Crippen molar-refractivity contribution in [3.63, 3.8) is 0 Å². The number of aromatic amines is 1. The van der Waals surface area contributed by atoms with Gasteiger partial charge in [-0.05, 0) is 95.3 Å². The maximum absolute atomic E-state index is 11.2. The lowest BCUT2D eigenvalue weighted by Gasteiger charge is -2.20. The van der Waals surface area contributed by atoms with Crippen LogP contribution in [0.5, 0.6) is 0 Å². The topological polar surface area (TPSA) is 121 Å². The minimum atomic E-state index is -0.389. The second-order valence-electron chi connectivity index (χ2n) is 11.1. The lowest BCUT2D eigenvalue weighted by molar-refractivity contribution is 0.0992. The SMILES string of the molecule is NC(=O)c1ccc(CN2CCc3cc(-c4cn[nH]c4)ccc32)cc1.NC(=O)c1ccc(CN2CCc3cc(Br)ccc32)cc1. The van der Waals surface area contributed by atoms with Gasteiger partial charge < -0.3 is 21.3 Å². The highest BCUT2D eigenvalue weighted by atomic mass is 79.9. The fourth-order valence-corrected chi connectivity index (χ4v) is 6.22. The zero-order chi connectivity index (χ0) is 30.6. The molecule has 0 atom stereocenters. The first-order valence-corrected chi connectivity index (χ1v) is 15.3. The Morgan fingerprint density at radius 3 is 1.73 bits per heavy atom. The van der Waals surface area contributed by atoms with E-state index in [1.165, 1.54) is 39.2 Å². The number of carbonyl (C=O) groups is 2. The van der Waals surface area contributed by atoms with Crippen LogP contribution in [0.1, 0.15) is 43.0 Å². The summed E-state index contributed by atoms with van der Waals surface area (Å²) in [6.07, 6.45) is 5.87. The van der Waals surface area contributed by atoms with Crippen LogP contribution in [0.25, 0.3) is 11.1 Å². The third kappa shape index (κ3) is 6.53. The number of hydrogen-bond acceptors (Lipinski definition) is 5. The average molecular weight is 650 g/mol. The van der Waals surface area contributed by atoms with Crippen LogP contribution in [-0.2, 0) is 25.9 Å². The van der Waals surface area contributed by atoms with E-state index in [0.717, 1.165) is 49.1 Å². The van der Waals surface area contributed by atoms with Crippen LogP contribution >= 0.6 is 15.9 Å². The van der Waals surface area contributed by atoms with E-state index in [4.69, 9.17) is 11.5 Å². The molecule has 0 saturated heterocycles. The average Bonchev–Trinajstić information content (AvgIpc) is 3.79. The Morgan fingerprint density at radius 2 is 1.23 bits per heavy atom. The fourth-order valence-electron chi connectivity index (χ4n) is 5.82. The van der Waals surface area contributed by atoms with Crippen molar-refractivity contribution in [1.82, 2.24) is 10.2 Å². The van der Waals surface area contributed by atoms with Crippen molar-refractivity contribution in [2.75, 3.05) is 22.9 Å². The Kier molecular flexibility index (Phi) is 8.47. The summed E-state index contributed by atoms with van der Waals surface area (Å²) >= 11 is 3.51. The number of hydrogen-bond donors (Lipinski definition) is 3. The van der Waals surface area contributed by atoms with Crippen molar-refractivity contribution in [3.8, 4) is 11.1 Å². The van der Waals surface area contributed by atoms with E-state index in [-0.39, 0.29) is 11.8 Å². The lowest BCUT2D eigenvalue weighted by atomic mass is 10.0. The number of rotatable bonds is 7. The van der Waals surface area contributed by atoms with E-state index in [9.17, 15) is 9.59 Å². The Hall–Kier alpha value is -4.89. The summed E-state index contributed by atoms with van der Waals surface area (Å²) in [7, 11) is 0. The number of nitrogens with zero attached hydrogens (tertiary/aromatic N) is 3. The van der Waals surface area contributed by atoms with Crippen LogP contribution in [0.15, 0.2) is 102 Å². The molecule has 2 aliphatic rings. The van der Waals surface area contributed by atoms with Gasteiger partial charge in [-0.1, -0.05) is 46.3 Å². The third-order valence-corrected chi connectivity index (χ3v) is 8.65. The van der Waals surface area contributed by atoms with Crippen molar-refractivity contribution < 1.29 is 9.59 Å². The summed E-state index contributed by atoms with van der Waals surface area (Å²) in [6.45, 7) is 3.72. The summed E-state index contributed by atoms with van der Waals surface area (Å²) in [5, 5.41) is 6.87. The summed E-state index contributed by atoms with van der Waals surface area (Å²) < 4.78 is 1.13. The highest BCUT2D eigenvalue weighted by Crippen LogP contribution is 2.33. The fraction of sp³-hybridized carbons (Fsp3) is 0.171. The van der Waals surface area contributed by atoms with E-state index in [2.05, 4.69) is 72.3 Å². The van der Waals surface area contributed by atoms with E-state index >= 15 is 0 Å². The maximum Gasteiger partial charge on any atom is 0.248 e. The molecule has 2 amide bonds. The van der Waals surface area contributed by atoms with Gasteiger partial charge in [0.2, 0.25) is 11.8 Å². The van der Waals surface area contributed by atoms with Gasteiger partial charge >= 0.3 is 0 Å². The van der Waals surface area contributed by atoms with Crippen LogP contribution in [-0.4, -0.2) is 35.1 Å². The molecular formula is C35H33BrN6O2. The number of primary amides is 2. The smallest absolute Gasteiger partial charge is 0.248 e. The summed E-state index contributed by atoms with van der Waals surface area (Å²) in [6, 6.07) is 28.0. The molecule has 0 aliphatic carbocycles. The molecule has 4 aromatic carbocycles. The molecule has 0 fully saturated rings. The quantitative estimate of drug-likeness (QED) is 0.204. The molecule has 0 saturated carbocycles. The van der Waals surface area contributed by atoms with Gasteiger partial charge in [0.05, 0.1) is 6.20 Å². The number of carbonyl (C=O) groups excluding carboxylic acids is 2. The van der Waals surface area contributed by atoms with Crippen molar-refractivity contribution in [2.24, 2.45) is 11.5 Å². The molecule has 7 rings (SSSR count). The first-order chi connectivity index (χ1) is 21.3. The summed E-state index contributed by atoms with van der Waals surface area (Å²) in [5.74, 6) is -0.771. The second-order valence-corrected chi connectivity index (χ2v) is 12.0. The largest absolute Gasteiger partial charge is 0.367 e. The zero-order valence-corrected chi connectivity index (χ0v) is 25.8. The van der Waals surface area contributed by atoms with E-state index in [1.54, 1.807) is 24.3 Å². The molecule has 0 spiro atoms. The van der Waals surface area contributed by atoms with Gasteiger partial charge in [0.15, 0.2) is 0 Å². The van der Waals surface area contributed by atoms with E-state index in [1.807, 2.05) is 36.7 Å². The van der Waals surface area contributed by atoms with E-state index < -0.39 is 0 Å². The molecular weight excluding hydrogens is 616 g/mol. The Balaban J connectivity index is 0.000000159. The minimum absolute atomic E-state index is 0.382. The van der Waals surface area contributed by atoms with Gasteiger partial charge in [-0.2, -0.15) is 5.10 Å². The Morgan fingerprint density at radius 1 is 0.705 bits per heavy atom. The molecule has 8 nitrogen and oxygen atoms in total. The maximum atomic E-state index is 11.2.